The lowest BCUT2D eigenvalue weighted by Crippen LogP contribution is -2.50. The molecule has 1 atom stereocenters. The highest BCUT2D eigenvalue weighted by Crippen LogP contribution is 2.50. The van der Waals surface area contributed by atoms with E-state index in [1.54, 1.807) is 0 Å². The highest BCUT2D eigenvalue weighted by Gasteiger charge is 2.56. The first kappa shape index (κ1) is 10.4. The van der Waals surface area contributed by atoms with Gasteiger partial charge in [-0.15, -0.1) is 0 Å². The van der Waals surface area contributed by atoms with Crippen molar-refractivity contribution in [3.63, 3.8) is 0 Å². The van der Waals surface area contributed by atoms with Crippen LogP contribution in [0.3, 0.4) is 0 Å². The van der Waals surface area contributed by atoms with Crippen molar-refractivity contribution in [1.29, 1.82) is 0 Å². The minimum atomic E-state index is -0.555. The van der Waals surface area contributed by atoms with Crippen molar-refractivity contribution in [3.05, 3.63) is 0 Å². The molecule has 82 valence electrons. The van der Waals surface area contributed by atoms with Crippen LogP contribution >= 0.6 is 0 Å². The van der Waals surface area contributed by atoms with Crippen molar-refractivity contribution >= 4 is 0 Å². The van der Waals surface area contributed by atoms with Crippen molar-refractivity contribution in [1.82, 2.24) is 0 Å². The molecule has 2 aliphatic rings. The van der Waals surface area contributed by atoms with Crippen molar-refractivity contribution in [3.8, 4) is 0 Å². The van der Waals surface area contributed by atoms with Crippen molar-refractivity contribution in [2.75, 3.05) is 0 Å². The Kier molecular flexibility index (Phi) is 2.20. The molecule has 0 bridgehead atoms. The van der Waals surface area contributed by atoms with Gasteiger partial charge in [-0.3, -0.25) is 0 Å². The van der Waals surface area contributed by atoms with E-state index in [4.69, 9.17) is 5.73 Å². The lowest BCUT2D eigenvalue weighted by atomic mass is 9.81. The lowest BCUT2D eigenvalue weighted by molar-refractivity contribution is -0.0124. The molecule has 0 aromatic rings. The second-order valence-corrected chi connectivity index (χ2v) is 6.21. The number of hydrogen-bond acceptors (Lipinski definition) is 2. The molecular weight excluding hydrogens is 174 g/mol. The smallest absolute Gasteiger partial charge is 0.0826 e. The first-order chi connectivity index (χ1) is 6.37. The fraction of sp³-hybridized carbons (Fsp3) is 1.00. The van der Waals surface area contributed by atoms with Gasteiger partial charge in [0.25, 0.3) is 0 Å². The third-order valence-corrected chi connectivity index (χ3v) is 4.37. The van der Waals surface area contributed by atoms with Gasteiger partial charge >= 0.3 is 0 Å². The number of hydrogen-bond donors (Lipinski definition) is 2. The van der Waals surface area contributed by atoms with Gasteiger partial charge in [0.05, 0.1) is 5.60 Å². The van der Waals surface area contributed by atoms with Gasteiger partial charge in [-0.1, -0.05) is 13.8 Å². The quantitative estimate of drug-likeness (QED) is 0.633. The summed E-state index contributed by atoms with van der Waals surface area (Å²) in [7, 11) is 0. The Morgan fingerprint density at radius 2 is 1.57 bits per heavy atom. The average molecular weight is 197 g/mol. The van der Waals surface area contributed by atoms with E-state index in [2.05, 4.69) is 13.8 Å². The van der Waals surface area contributed by atoms with Gasteiger partial charge in [-0.25, -0.2) is 0 Å². The summed E-state index contributed by atoms with van der Waals surface area (Å²) in [5.41, 5.74) is 5.78. The fourth-order valence-electron chi connectivity index (χ4n) is 2.75. The van der Waals surface area contributed by atoms with Crippen LogP contribution in [0.25, 0.3) is 0 Å². The van der Waals surface area contributed by atoms with Gasteiger partial charge < -0.3 is 10.8 Å². The normalized spacial score (nSPS) is 40.3. The molecule has 0 aromatic carbocycles. The number of rotatable bonds is 1. The Morgan fingerprint density at radius 1 is 0.929 bits per heavy atom. The van der Waals surface area contributed by atoms with Crippen LogP contribution in [0, 0.1) is 5.41 Å². The number of nitrogens with two attached hydrogens (primary N) is 1. The Bertz CT molecular complexity index is 232. The third-order valence-electron chi connectivity index (χ3n) is 4.37. The summed E-state index contributed by atoms with van der Waals surface area (Å²) in [6.07, 6.45) is 7.31. The molecule has 2 saturated carbocycles. The molecular formula is C12H23NO. The second-order valence-electron chi connectivity index (χ2n) is 6.21. The van der Waals surface area contributed by atoms with Crippen molar-refractivity contribution in [2.24, 2.45) is 11.1 Å². The summed E-state index contributed by atoms with van der Waals surface area (Å²) in [5.74, 6) is 0. The molecule has 14 heavy (non-hydrogen) atoms. The summed E-state index contributed by atoms with van der Waals surface area (Å²) in [6, 6.07) is 0. The molecule has 2 fully saturated rings. The third kappa shape index (κ3) is 1.70. The Balaban J connectivity index is 2.08. The maximum atomic E-state index is 10.6. The van der Waals surface area contributed by atoms with E-state index in [0.717, 1.165) is 38.5 Å². The highest BCUT2D eigenvalue weighted by molar-refractivity contribution is 5.14. The zero-order valence-corrected chi connectivity index (χ0v) is 9.47. The van der Waals surface area contributed by atoms with Gasteiger partial charge in [0, 0.05) is 5.54 Å². The molecule has 0 amide bonds. The summed E-state index contributed by atoms with van der Waals surface area (Å²) >= 11 is 0. The molecule has 3 N–H and O–H groups in total. The predicted octanol–water partition coefficient (Wildman–Crippen LogP) is 2.20. The molecule has 1 unspecified atom stereocenters. The fourth-order valence-corrected chi connectivity index (χ4v) is 2.75. The first-order valence-electron chi connectivity index (χ1n) is 5.88. The van der Waals surface area contributed by atoms with Crippen molar-refractivity contribution in [2.45, 2.75) is 69.9 Å². The molecule has 0 aromatic heterocycles. The minimum Gasteiger partial charge on any atom is -0.388 e. The monoisotopic (exact) mass is 197 g/mol. The number of aliphatic hydroxyl groups is 1. The Morgan fingerprint density at radius 3 is 2.14 bits per heavy atom. The Labute approximate surface area is 86.9 Å². The summed E-state index contributed by atoms with van der Waals surface area (Å²) in [5, 5.41) is 10.6. The summed E-state index contributed by atoms with van der Waals surface area (Å²) in [6.45, 7) is 4.60. The van der Waals surface area contributed by atoms with Gasteiger partial charge in [0.1, 0.15) is 0 Å². The van der Waals surface area contributed by atoms with E-state index in [-0.39, 0.29) is 5.54 Å². The van der Waals surface area contributed by atoms with E-state index in [0.29, 0.717) is 5.41 Å². The second kappa shape index (κ2) is 2.96. The largest absolute Gasteiger partial charge is 0.388 e. The van der Waals surface area contributed by atoms with E-state index in [1.165, 1.54) is 6.42 Å². The van der Waals surface area contributed by atoms with Crippen molar-refractivity contribution < 1.29 is 5.11 Å². The molecule has 0 spiro atoms. The van der Waals surface area contributed by atoms with Crippen LogP contribution in [0.15, 0.2) is 0 Å². The first-order valence-corrected chi connectivity index (χ1v) is 5.88. The van der Waals surface area contributed by atoms with Crippen LogP contribution in [0.2, 0.25) is 0 Å². The molecule has 0 aliphatic heterocycles. The molecule has 2 aliphatic carbocycles. The van der Waals surface area contributed by atoms with Crippen LogP contribution in [0.1, 0.15) is 58.8 Å². The minimum absolute atomic E-state index is 0.229. The van der Waals surface area contributed by atoms with E-state index >= 15 is 0 Å². The van der Waals surface area contributed by atoms with Gasteiger partial charge in [0.15, 0.2) is 0 Å². The lowest BCUT2D eigenvalue weighted by Gasteiger charge is -2.34. The Hall–Kier alpha value is -0.0800. The molecule has 2 nitrogen and oxygen atoms in total. The predicted molar refractivity (Wildman–Crippen MR) is 58.0 cm³/mol. The zero-order chi connectivity index (χ0) is 10.4. The SMILES string of the molecule is CC1(C)CCCC(O)(C2(N)CC2)CC1. The molecule has 0 saturated heterocycles. The van der Waals surface area contributed by atoms with E-state index in [9.17, 15) is 5.11 Å². The molecule has 0 radical (unpaired) electrons. The van der Waals surface area contributed by atoms with Crippen LogP contribution < -0.4 is 5.73 Å². The van der Waals surface area contributed by atoms with Crippen LogP contribution in [-0.2, 0) is 0 Å². The standard InChI is InChI=1S/C12H23NO/c1-10(2)4-3-5-12(14,9-6-10)11(13)7-8-11/h14H,3-9,13H2,1-2H3. The van der Waals surface area contributed by atoms with Crippen LogP contribution in [0.5, 0.6) is 0 Å². The van der Waals surface area contributed by atoms with Crippen LogP contribution in [-0.4, -0.2) is 16.2 Å². The van der Waals surface area contributed by atoms with E-state index < -0.39 is 5.60 Å². The van der Waals surface area contributed by atoms with Gasteiger partial charge in [-0.05, 0) is 50.4 Å². The topological polar surface area (TPSA) is 46.2 Å². The molecule has 2 rings (SSSR count). The zero-order valence-electron chi connectivity index (χ0n) is 9.47. The van der Waals surface area contributed by atoms with Gasteiger partial charge in [0.2, 0.25) is 0 Å². The van der Waals surface area contributed by atoms with E-state index in [1.807, 2.05) is 0 Å². The maximum absolute atomic E-state index is 10.6. The van der Waals surface area contributed by atoms with Gasteiger partial charge in [-0.2, -0.15) is 0 Å². The maximum Gasteiger partial charge on any atom is 0.0826 e. The summed E-state index contributed by atoms with van der Waals surface area (Å²) in [4.78, 5) is 0. The average Bonchev–Trinajstić information content (AvgIpc) is 2.82. The summed E-state index contributed by atoms with van der Waals surface area (Å²) < 4.78 is 0. The highest BCUT2D eigenvalue weighted by atomic mass is 16.3. The molecule has 2 heteroatoms. The van der Waals surface area contributed by atoms with Crippen LogP contribution in [0.4, 0.5) is 0 Å². The molecule has 0 heterocycles.